The van der Waals surface area contributed by atoms with Crippen LogP contribution in [-0.2, 0) is 17.6 Å². The first kappa shape index (κ1) is 19.5. The summed E-state index contributed by atoms with van der Waals surface area (Å²) in [5, 5.41) is 11.9. The van der Waals surface area contributed by atoms with Crippen LogP contribution >= 0.6 is 11.8 Å². The predicted molar refractivity (Wildman–Crippen MR) is 117 cm³/mol. The summed E-state index contributed by atoms with van der Waals surface area (Å²) in [6.45, 7) is 6.21. The first-order chi connectivity index (χ1) is 14.1. The number of hydrogen-bond acceptors (Lipinski definition) is 5. The number of rotatable bonds is 5. The molecule has 0 saturated carbocycles. The van der Waals surface area contributed by atoms with Crippen molar-refractivity contribution in [2.45, 2.75) is 50.1 Å². The Labute approximate surface area is 175 Å². The highest BCUT2D eigenvalue weighted by Crippen LogP contribution is 2.37. The number of benzene rings is 2. The second-order valence-corrected chi connectivity index (χ2v) is 8.29. The van der Waals surface area contributed by atoms with Gasteiger partial charge in [-0.25, -0.2) is 4.68 Å². The van der Waals surface area contributed by atoms with Crippen molar-refractivity contribution in [1.29, 1.82) is 0 Å². The van der Waals surface area contributed by atoms with Crippen LogP contribution in [0, 0.1) is 6.92 Å². The number of carbonyl (C=O) groups excluding carboxylic acids is 1. The lowest BCUT2D eigenvalue weighted by molar-refractivity contribution is -0.116. The van der Waals surface area contributed by atoms with Crippen LogP contribution in [-0.4, -0.2) is 26.0 Å². The number of fused-ring (bicyclic) bond motifs is 1. The number of aromatic nitrogens is 3. The summed E-state index contributed by atoms with van der Waals surface area (Å²) in [5.74, 6) is 0.809. The number of carbonyl (C=O) groups is 1. The Morgan fingerprint density at radius 1 is 1.07 bits per heavy atom. The van der Waals surface area contributed by atoms with Crippen molar-refractivity contribution in [3.8, 4) is 0 Å². The molecule has 1 amide bonds. The van der Waals surface area contributed by atoms with Gasteiger partial charge in [-0.05, 0) is 36.6 Å². The number of amides is 1. The first-order valence-corrected chi connectivity index (χ1v) is 10.8. The van der Waals surface area contributed by atoms with Crippen LogP contribution in [0.25, 0.3) is 0 Å². The number of aryl methyl sites for hydroxylation is 3. The van der Waals surface area contributed by atoms with Gasteiger partial charge >= 0.3 is 0 Å². The van der Waals surface area contributed by atoms with Crippen molar-refractivity contribution in [1.82, 2.24) is 14.9 Å². The van der Waals surface area contributed by atoms with Gasteiger partial charge in [0.1, 0.15) is 5.25 Å². The third-order valence-corrected chi connectivity index (χ3v) is 6.36. The van der Waals surface area contributed by atoms with Crippen LogP contribution in [0.3, 0.4) is 0 Å². The highest BCUT2D eigenvalue weighted by molar-refractivity contribution is 8.00. The Hall–Kier alpha value is -2.80. The molecule has 0 spiro atoms. The molecule has 2 N–H and O–H groups in total. The fourth-order valence-electron chi connectivity index (χ4n) is 3.39. The molecule has 7 heteroatoms. The van der Waals surface area contributed by atoms with E-state index in [1.807, 2.05) is 42.8 Å². The van der Waals surface area contributed by atoms with Gasteiger partial charge in [0.25, 0.3) is 0 Å². The number of hydrogen-bond donors (Lipinski definition) is 2. The maximum Gasteiger partial charge on any atom is 0.240 e. The lowest BCUT2D eigenvalue weighted by atomic mass is 10.0. The Kier molecular flexibility index (Phi) is 5.58. The monoisotopic (exact) mass is 407 g/mol. The molecule has 0 unspecified atom stereocenters. The van der Waals surface area contributed by atoms with Gasteiger partial charge in [0.15, 0.2) is 5.82 Å². The first-order valence-electron chi connectivity index (χ1n) is 9.93. The Morgan fingerprint density at radius 3 is 2.45 bits per heavy atom. The van der Waals surface area contributed by atoms with E-state index in [0.717, 1.165) is 35.5 Å². The molecular formula is C22H25N5OS. The Morgan fingerprint density at radius 2 is 1.79 bits per heavy atom. The van der Waals surface area contributed by atoms with Crippen LogP contribution in [0.4, 0.5) is 5.69 Å². The minimum atomic E-state index is -0.370. The van der Waals surface area contributed by atoms with Gasteiger partial charge in [-0.2, -0.15) is 0 Å². The van der Waals surface area contributed by atoms with Crippen molar-refractivity contribution in [3.63, 3.8) is 0 Å². The number of nitrogens with zero attached hydrogens (tertiary/aromatic N) is 3. The standard InChI is InChI=1S/C22H25N5OS/c1-4-15-8-10-16(11-9-15)19-20(21(28)23-17-12-6-14(3)7-13-17)29-22-25-24-18(5-2)27(22)26-19/h6-13,19-20,26H,4-5H2,1-3H3,(H,23,28)/t19-,20-/m1/s1. The van der Waals surface area contributed by atoms with E-state index >= 15 is 0 Å². The third-order valence-electron chi connectivity index (χ3n) is 5.14. The quantitative estimate of drug-likeness (QED) is 0.666. The summed E-state index contributed by atoms with van der Waals surface area (Å²) in [5.41, 5.74) is 7.78. The summed E-state index contributed by atoms with van der Waals surface area (Å²) in [6, 6.07) is 16.1. The topological polar surface area (TPSA) is 71.8 Å². The van der Waals surface area contributed by atoms with E-state index in [4.69, 9.17) is 0 Å². The van der Waals surface area contributed by atoms with E-state index in [1.54, 1.807) is 0 Å². The molecule has 1 aliphatic rings. The molecule has 0 bridgehead atoms. The van der Waals surface area contributed by atoms with Gasteiger partial charge in [-0.1, -0.05) is 67.6 Å². The van der Waals surface area contributed by atoms with Crippen LogP contribution in [0.1, 0.15) is 42.4 Å². The molecule has 150 valence electrons. The van der Waals surface area contributed by atoms with Crippen LogP contribution in [0.15, 0.2) is 53.7 Å². The molecule has 0 saturated heterocycles. The van der Waals surface area contributed by atoms with Crippen molar-refractivity contribution in [2.24, 2.45) is 0 Å². The minimum Gasteiger partial charge on any atom is -0.325 e. The zero-order valence-electron chi connectivity index (χ0n) is 16.8. The molecule has 1 aliphatic heterocycles. The van der Waals surface area contributed by atoms with Crippen LogP contribution in [0.5, 0.6) is 0 Å². The van der Waals surface area contributed by atoms with Crippen LogP contribution in [0.2, 0.25) is 0 Å². The number of thioether (sulfide) groups is 1. The highest BCUT2D eigenvalue weighted by atomic mass is 32.2. The second kappa shape index (κ2) is 8.29. The van der Waals surface area contributed by atoms with Gasteiger partial charge < -0.3 is 10.7 Å². The summed E-state index contributed by atoms with van der Waals surface area (Å²) in [7, 11) is 0. The smallest absolute Gasteiger partial charge is 0.240 e. The maximum atomic E-state index is 13.2. The zero-order valence-corrected chi connectivity index (χ0v) is 17.7. The Bertz CT molecular complexity index is 997. The molecule has 0 radical (unpaired) electrons. The molecule has 3 aromatic rings. The molecule has 4 rings (SSSR count). The van der Waals surface area contributed by atoms with E-state index in [9.17, 15) is 4.79 Å². The van der Waals surface area contributed by atoms with E-state index < -0.39 is 0 Å². The normalized spacial score (nSPS) is 18.0. The summed E-state index contributed by atoms with van der Waals surface area (Å²) < 4.78 is 1.92. The molecule has 2 aromatic carbocycles. The molecule has 2 atom stereocenters. The average molecular weight is 408 g/mol. The van der Waals surface area contributed by atoms with E-state index in [-0.39, 0.29) is 17.2 Å². The highest BCUT2D eigenvalue weighted by Gasteiger charge is 2.37. The molecular weight excluding hydrogens is 382 g/mol. The fourth-order valence-corrected chi connectivity index (χ4v) is 4.49. The maximum absolute atomic E-state index is 13.2. The lowest BCUT2D eigenvalue weighted by Crippen LogP contribution is -2.41. The van der Waals surface area contributed by atoms with E-state index in [0.29, 0.717) is 5.16 Å². The van der Waals surface area contributed by atoms with Crippen molar-refractivity contribution < 1.29 is 4.79 Å². The number of anilines is 1. The number of nitrogens with one attached hydrogen (secondary N) is 2. The van der Waals surface area contributed by atoms with Gasteiger partial charge in [0.2, 0.25) is 11.1 Å². The summed E-state index contributed by atoms with van der Waals surface area (Å²) >= 11 is 1.45. The zero-order chi connectivity index (χ0) is 20.4. The van der Waals surface area contributed by atoms with Gasteiger partial charge in [-0.15, -0.1) is 10.2 Å². The molecule has 2 heterocycles. The Balaban J connectivity index is 1.65. The van der Waals surface area contributed by atoms with Crippen molar-refractivity contribution >= 4 is 23.4 Å². The molecule has 0 fully saturated rings. The fraction of sp³-hybridized carbons (Fsp3) is 0.318. The van der Waals surface area contributed by atoms with Crippen molar-refractivity contribution in [2.75, 3.05) is 10.7 Å². The average Bonchev–Trinajstić information content (AvgIpc) is 3.16. The van der Waals surface area contributed by atoms with E-state index in [2.05, 4.69) is 52.1 Å². The largest absolute Gasteiger partial charge is 0.325 e. The summed E-state index contributed by atoms with van der Waals surface area (Å²) in [6.07, 6.45) is 1.75. The van der Waals surface area contributed by atoms with Gasteiger partial charge in [-0.3, -0.25) is 4.79 Å². The van der Waals surface area contributed by atoms with Gasteiger partial charge in [0.05, 0.1) is 6.04 Å². The van der Waals surface area contributed by atoms with Crippen LogP contribution < -0.4 is 10.7 Å². The SMILES string of the molecule is CCc1ccc([C@H]2Nn3c(CC)nnc3S[C@H]2C(=O)Nc2ccc(C)cc2)cc1. The van der Waals surface area contributed by atoms with E-state index in [1.165, 1.54) is 17.3 Å². The van der Waals surface area contributed by atoms with Gasteiger partial charge in [0, 0.05) is 12.1 Å². The third kappa shape index (κ3) is 4.00. The molecule has 1 aromatic heterocycles. The second-order valence-electron chi connectivity index (χ2n) is 7.18. The summed E-state index contributed by atoms with van der Waals surface area (Å²) in [4.78, 5) is 13.2. The predicted octanol–water partition coefficient (Wildman–Crippen LogP) is 4.11. The van der Waals surface area contributed by atoms with Crippen molar-refractivity contribution in [3.05, 3.63) is 71.0 Å². The molecule has 6 nitrogen and oxygen atoms in total. The molecule has 29 heavy (non-hydrogen) atoms. The molecule has 0 aliphatic carbocycles. The lowest BCUT2D eigenvalue weighted by Gasteiger charge is -2.33. The minimum absolute atomic E-state index is 0.0526.